The average molecular weight is 349 g/mol. The van der Waals surface area contributed by atoms with Gasteiger partial charge in [-0.1, -0.05) is 6.07 Å². The molecule has 0 unspecified atom stereocenters. The van der Waals surface area contributed by atoms with Crippen LogP contribution in [0.4, 0.5) is 0 Å². The van der Waals surface area contributed by atoms with Crippen molar-refractivity contribution >= 4 is 5.96 Å². The van der Waals surface area contributed by atoms with Gasteiger partial charge < -0.3 is 24.8 Å². The summed E-state index contributed by atoms with van der Waals surface area (Å²) < 4.78 is 11.0. The predicted molar refractivity (Wildman–Crippen MR) is 101 cm³/mol. The van der Waals surface area contributed by atoms with Gasteiger partial charge in [0.05, 0.1) is 19.8 Å². The molecule has 1 atom stereocenters. The van der Waals surface area contributed by atoms with Crippen LogP contribution in [0.1, 0.15) is 32.3 Å². The van der Waals surface area contributed by atoms with Crippen molar-refractivity contribution in [3.63, 3.8) is 0 Å². The Morgan fingerprint density at radius 2 is 2.20 bits per heavy atom. The largest absolute Gasteiger partial charge is 0.493 e. The van der Waals surface area contributed by atoms with Crippen LogP contribution in [0.3, 0.4) is 0 Å². The molecule has 1 aromatic rings. The number of aliphatic imine (C=N–C) groups is 1. The molecule has 0 saturated carbocycles. The first-order chi connectivity index (χ1) is 12.2. The SMILES string of the molecule is CCNC(=NCCCc1ccc(OC)c(OCC)c1)N1CC[C@@H](O)C1. The summed E-state index contributed by atoms with van der Waals surface area (Å²) in [5.74, 6) is 2.47. The molecule has 1 heterocycles. The molecular formula is C19H31N3O3. The van der Waals surface area contributed by atoms with Gasteiger partial charge in [-0.25, -0.2) is 0 Å². The van der Waals surface area contributed by atoms with Crippen molar-refractivity contribution in [2.24, 2.45) is 4.99 Å². The second kappa shape index (κ2) is 10.1. The van der Waals surface area contributed by atoms with E-state index in [0.29, 0.717) is 13.2 Å². The number of β-amino-alcohol motifs (C(OH)–C–C–N with tert-alkyl or cyclic N) is 1. The topological polar surface area (TPSA) is 66.3 Å². The van der Waals surface area contributed by atoms with Gasteiger partial charge in [-0.05, 0) is 50.8 Å². The third kappa shape index (κ3) is 5.81. The summed E-state index contributed by atoms with van der Waals surface area (Å²) >= 11 is 0. The third-order valence-electron chi connectivity index (χ3n) is 4.21. The lowest BCUT2D eigenvalue weighted by atomic mass is 10.1. The minimum Gasteiger partial charge on any atom is -0.493 e. The van der Waals surface area contributed by atoms with Crippen LogP contribution < -0.4 is 14.8 Å². The summed E-state index contributed by atoms with van der Waals surface area (Å²) in [7, 11) is 1.66. The highest BCUT2D eigenvalue weighted by Gasteiger charge is 2.22. The predicted octanol–water partition coefficient (Wildman–Crippen LogP) is 2.06. The fourth-order valence-electron chi connectivity index (χ4n) is 2.97. The maximum Gasteiger partial charge on any atom is 0.194 e. The Kier molecular flexibility index (Phi) is 7.85. The van der Waals surface area contributed by atoms with E-state index in [2.05, 4.69) is 23.2 Å². The number of rotatable bonds is 8. The van der Waals surface area contributed by atoms with Gasteiger partial charge in [0.25, 0.3) is 0 Å². The molecule has 0 spiro atoms. The first-order valence-electron chi connectivity index (χ1n) is 9.19. The summed E-state index contributed by atoms with van der Waals surface area (Å²) in [5.41, 5.74) is 1.22. The fraction of sp³-hybridized carbons (Fsp3) is 0.632. The first-order valence-corrected chi connectivity index (χ1v) is 9.19. The van der Waals surface area contributed by atoms with Gasteiger partial charge in [0.2, 0.25) is 0 Å². The number of nitrogens with one attached hydrogen (secondary N) is 1. The molecule has 6 heteroatoms. The molecule has 0 radical (unpaired) electrons. The number of aliphatic hydroxyl groups is 1. The Labute approximate surface area is 150 Å². The Morgan fingerprint density at radius 1 is 1.36 bits per heavy atom. The van der Waals surface area contributed by atoms with E-state index in [0.717, 1.165) is 56.4 Å². The molecule has 0 bridgehead atoms. The van der Waals surface area contributed by atoms with Crippen molar-refractivity contribution in [2.45, 2.75) is 39.2 Å². The highest BCUT2D eigenvalue weighted by Crippen LogP contribution is 2.28. The number of likely N-dealkylation sites (tertiary alicyclic amines) is 1. The second-order valence-electron chi connectivity index (χ2n) is 6.15. The second-order valence-corrected chi connectivity index (χ2v) is 6.15. The molecule has 25 heavy (non-hydrogen) atoms. The number of aliphatic hydroxyl groups excluding tert-OH is 1. The lowest BCUT2D eigenvalue weighted by Gasteiger charge is -2.20. The van der Waals surface area contributed by atoms with Crippen molar-refractivity contribution in [1.82, 2.24) is 10.2 Å². The van der Waals surface area contributed by atoms with E-state index in [1.165, 1.54) is 5.56 Å². The number of methoxy groups -OCH3 is 1. The number of guanidine groups is 1. The van der Waals surface area contributed by atoms with E-state index < -0.39 is 0 Å². The van der Waals surface area contributed by atoms with Gasteiger partial charge in [0.1, 0.15) is 0 Å². The van der Waals surface area contributed by atoms with Gasteiger partial charge in [-0.3, -0.25) is 4.99 Å². The van der Waals surface area contributed by atoms with E-state index in [4.69, 9.17) is 14.5 Å². The van der Waals surface area contributed by atoms with Crippen LogP contribution in [0, 0.1) is 0 Å². The molecule has 0 aromatic heterocycles. The van der Waals surface area contributed by atoms with E-state index in [-0.39, 0.29) is 6.10 Å². The zero-order valence-electron chi connectivity index (χ0n) is 15.6. The van der Waals surface area contributed by atoms with E-state index in [9.17, 15) is 5.11 Å². The number of hydrogen-bond donors (Lipinski definition) is 2. The van der Waals surface area contributed by atoms with Crippen LogP contribution in [-0.2, 0) is 6.42 Å². The third-order valence-corrected chi connectivity index (χ3v) is 4.21. The molecule has 0 aliphatic carbocycles. The number of benzene rings is 1. The summed E-state index contributed by atoms with van der Waals surface area (Å²) in [6.45, 7) is 7.78. The highest BCUT2D eigenvalue weighted by molar-refractivity contribution is 5.80. The summed E-state index contributed by atoms with van der Waals surface area (Å²) in [4.78, 5) is 6.84. The van der Waals surface area contributed by atoms with E-state index in [1.54, 1.807) is 7.11 Å². The smallest absolute Gasteiger partial charge is 0.194 e. The van der Waals surface area contributed by atoms with Crippen molar-refractivity contribution in [2.75, 3.05) is 39.9 Å². The molecule has 1 fully saturated rings. The molecule has 0 amide bonds. The van der Waals surface area contributed by atoms with Gasteiger partial charge in [0.15, 0.2) is 17.5 Å². The van der Waals surface area contributed by atoms with Crippen LogP contribution in [0.5, 0.6) is 11.5 Å². The minimum atomic E-state index is -0.236. The van der Waals surface area contributed by atoms with Crippen molar-refractivity contribution < 1.29 is 14.6 Å². The van der Waals surface area contributed by atoms with Crippen molar-refractivity contribution in [3.8, 4) is 11.5 Å². The number of aryl methyl sites for hydroxylation is 1. The van der Waals surface area contributed by atoms with Crippen molar-refractivity contribution in [3.05, 3.63) is 23.8 Å². The molecule has 1 aliphatic heterocycles. The Bertz CT molecular complexity index is 563. The van der Waals surface area contributed by atoms with Gasteiger partial charge in [-0.15, -0.1) is 0 Å². The van der Waals surface area contributed by atoms with Crippen LogP contribution >= 0.6 is 0 Å². The van der Waals surface area contributed by atoms with Crippen LogP contribution in [0.2, 0.25) is 0 Å². The Morgan fingerprint density at radius 3 is 2.84 bits per heavy atom. The number of nitrogens with zero attached hydrogens (tertiary/aromatic N) is 2. The zero-order valence-corrected chi connectivity index (χ0v) is 15.6. The summed E-state index contributed by atoms with van der Waals surface area (Å²) in [5, 5.41) is 13.0. The van der Waals surface area contributed by atoms with E-state index >= 15 is 0 Å². The molecular weight excluding hydrogens is 318 g/mol. The highest BCUT2D eigenvalue weighted by atomic mass is 16.5. The lowest BCUT2D eigenvalue weighted by Crippen LogP contribution is -2.40. The van der Waals surface area contributed by atoms with Crippen LogP contribution in [-0.4, -0.2) is 62.0 Å². The van der Waals surface area contributed by atoms with Crippen LogP contribution in [0.15, 0.2) is 23.2 Å². The Balaban J connectivity index is 1.89. The van der Waals surface area contributed by atoms with Gasteiger partial charge in [-0.2, -0.15) is 0 Å². The summed E-state index contributed by atoms with van der Waals surface area (Å²) in [6, 6.07) is 6.08. The monoisotopic (exact) mass is 349 g/mol. The quantitative estimate of drug-likeness (QED) is 0.427. The maximum atomic E-state index is 9.70. The van der Waals surface area contributed by atoms with Gasteiger partial charge >= 0.3 is 0 Å². The first kappa shape index (κ1) is 19.4. The lowest BCUT2D eigenvalue weighted by molar-refractivity contribution is 0.188. The molecule has 1 aliphatic rings. The van der Waals surface area contributed by atoms with Crippen molar-refractivity contribution in [1.29, 1.82) is 0 Å². The molecule has 2 N–H and O–H groups in total. The molecule has 2 rings (SSSR count). The molecule has 1 aromatic carbocycles. The molecule has 6 nitrogen and oxygen atoms in total. The minimum absolute atomic E-state index is 0.236. The number of ether oxygens (including phenoxy) is 2. The molecule has 140 valence electrons. The molecule has 1 saturated heterocycles. The standard InChI is InChI=1S/C19H31N3O3/c1-4-20-19(22-12-10-16(23)14-22)21-11-6-7-15-8-9-17(24-3)18(13-15)25-5-2/h8-9,13,16,23H,4-7,10-12,14H2,1-3H3,(H,20,21)/t16-/m1/s1. The van der Waals surface area contributed by atoms with E-state index in [1.807, 2.05) is 19.1 Å². The maximum absolute atomic E-state index is 9.70. The Hall–Kier alpha value is -1.95. The zero-order chi connectivity index (χ0) is 18.1. The van der Waals surface area contributed by atoms with Crippen LogP contribution in [0.25, 0.3) is 0 Å². The fourth-order valence-corrected chi connectivity index (χ4v) is 2.97. The van der Waals surface area contributed by atoms with Gasteiger partial charge in [0, 0.05) is 26.2 Å². The summed E-state index contributed by atoms with van der Waals surface area (Å²) in [6.07, 6.45) is 2.48. The number of hydrogen-bond acceptors (Lipinski definition) is 4. The average Bonchev–Trinajstić information content (AvgIpc) is 3.04. The normalized spacial score (nSPS) is 17.7.